The van der Waals surface area contributed by atoms with Crippen LogP contribution in [-0.2, 0) is 10.0 Å². The van der Waals surface area contributed by atoms with Gasteiger partial charge in [-0.25, -0.2) is 8.42 Å². The van der Waals surface area contributed by atoms with Crippen molar-refractivity contribution in [3.63, 3.8) is 0 Å². The van der Waals surface area contributed by atoms with Crippen LogP contribution in [-0.4, -0.2) is 37.9 Å². The van der Waals surface area contributed by atoms with Gasteiger partial charge in [-0.05, 0) is 48.5 Å². The zero-order valence-corrected chi connectivity index (χ0v) is 16.1. The Morgan fingerprint density at radius 3 is 2.30 bits per heavy atom. The second-order valence-corrected chi connectivity index (χ2v) is 8.27. The number of amides is 1. The fraction of sp³-hybridized carbons (Fsp3) is 0.118. The summed E-state index contributed by atoms with van der Waals surface area (Å²) in [6.45, 7) is 0. The van der Waals surface area contributed by atoms with E-state index >= 15 is 0 Å². The van der Waals surface area contributed by atoms with Gasteiger partial charge in [0.15, 0.2) is 0 Å². The summed E-state index contributed by atoms with van der Waals surface area (Å²) in [5.41, 5.74) is 1.62. The number of rotatable bonds is 6. The Bertz CT molecular complexity index is 1050. The molecular formula is C17H16N4O4S2. The SMILES string of the molecule is COc1ccc(-c2nnc(NC(=O)c3ccc(NS(C)(=O)=O)cc3)s2)cc1. The molecule has 2 N–H and O–H groups in total. The standard InChI is InChI=1S/C17H16N4O4S2/c1-25-14-9-5-12(6-10-14)16-19-20-17(26-16)18-15(22)11-3-7-13(8-4-11)21-27(2,23)24/h3-10,21H,1-2H3,(H,18,20,22). The van der Waals surface area contributed by atoms with E-state index < -0.39 is 10.0 Å². The third-order valence-electron chi connectivity index (χ3n) is 3.43. The molecule has 1 amide bonds. The van der Waals surface area contributed by atoms with E-state index in [0.717, 1.165) is 17.6 Å². The minimum atomic E-state index is -3.36. The number of nitrogens with one attached hydrogen (secondary N) is 2. The van der Waals surface area contributed by atoms with Gasteiger partial charge in [0.1, 0.15) is 10.8 Å². The summed E-state index contributed by atoms with van der Waals surface area (Å²) < 4.78 is 29.9. The van der Waals surface area contributed by atoms with Gasteiger partial charge in [0, 0.05) is 16.8 Å². The van der Waals surface area contributed by atoms with Crippen LogP contribution in [0.15, 0.2) is 48.5 Å². The molecule has 0 saturated carbocycles. The van der Waals surface area contributed by atoms with E-state index in [1.807, 2.05) is 24.3 Å². The average molecular weight is 404 g/mol. The minimum Gasteiger partial charge on any atom is -0.497 e. The first-order chi connectivity index (χ1) is 12.8. The Morgan fingerprint density at radius 1 is 1.04 bits per heavy atom. The summed E-state index contributed by atoms with van der Waals surface area (Å²) >= 11 is 1.25. The largest absolute Gasteiger partial charge is 0.497 e. The highest BCUT2D eigenvalue weighted by Gasteiger charge is 2.12. The van der Waals surface area contributed by atoms with E-state index in [0.29, 0.717) is 21.4 Å². The Hall–Kier alpha value is -2.98. The minimum absolute atomic E-state index is 0.363. The van der Waals surface area contributed by atoms with Gasteiger partial charge in [-0.1, -0.05) is 11.3 Å². The molecule has 3 aromatic rings. The van der Waals surface area contributed by atoms with E-state index in [1.165, 1.54) is 35.6 Å². The first-order valence-corrected chi connectivity index (χ1v) is 10.4. The smallest absolute Gasteiger partial charge is 0.257 e. The zero-order chi connectivity index (χ0) is 19.4. The van der Waals surface area contributed by atoms with Gasteiger partial charge in [-0.2, -0.15) is 0 Å². The monoisotopic (exact) mass is 404 g/mol. The molecule has 8 nitrogen and oxygen atoms in total. The molecule has 2 aromatic carbocycles. The topological polar surface area (TPSA) is 110 Å². The second kappa shape index (κ2) is 7.72. The summed E-state index contributed by atoms with van der Waals surface area (Å²) in [6.07, 6.45) is 1.06. The molecule has 0 aliphatic heterocycles. The molecule has 140 valence electrons. The Balaban J connectivity index is 1.68. The second-order valence-electron chi connectivity index (χ2n) is 5.55. The van der Waals surface area contributed by atoms with E-state index in [-0.39, 0.29) is 5.91 Å². The third kappa shape index (κ3) is 5.02. The van der Waals surface area contributed by atoms with Crippen molar-refractivity contribution in [2.24, 2.45) is 0 Å². The van der Waals surface area contributed by atoms with Crippen molar-refractivity contribution in [2.45, 2.75) is 0 Å². The molecular weight excluding hydrogens is 388 g/mol. The molecule has 3 rings (SSSR count). The number of benzene rings is 2. The van der Waals surface area contributed by atoms with Crippen LogP contribution >= 0.6 is 11.3 Å². The van der Waals surface area contributed by atoms with Crippen LogP contribution in [0.4, 0.5) is 10.8 Å². The van der Waals surface area contributed by atoms with Crippen molar-refractivity contribution in [1.82, 2.24) is 10.2 Å². The maximum Gasteiger partial charge on any atom is 0.257 e. The summed E-state index contributed by atoms with van der Waals surface area (Å²) in [4.78, 5) is 12.3. The normalized spacial score (nSPS) is 11.0. The highest BCUT2D eigenvalue weighted by atomic mass is 32.2. The first-order valence-electron chi connectivity index (χ1n) is 7.71. The predicted molar refractivity (Wildman–Crippen MR) is 105 cm³/mol. The number of hydrogen-bond donors (Lipinski definition) is 2. The van der Waals surface area contributed by atoms with Crippen molar-refractivity contribution >= 4 is 38.1 Å². The number of carbonyl (C=O) groups excluding carboxylic acids is 1. The van der Waals surface area contributed by atoms with Crippen molar-refractivity contribution in [2.75, 3.05) is 23.4 Å². The van der Waals surface area contributed by atoms with Crippen molar-refractivity contribution in [1.29, 1.82) is 0 Å². The van der Waals surface area contributed by atoms with Crippen LogP contribution < -0.4 is 14.8 Å². The molecule has 0 spiro atoms. The number of carbonyl (C=O) groups is 1. The van der Waals surface area contributed by atoms with Crippen LogP contribution in [0.3, 0.4) is 0 Å². The lowest BCUT2D eigenvalue weighted by molar-refractivity contribution is 0.102. The van der Waals surface area contributed by atoms with Crippen molar-refractivity contribution in [3.05, 3.63) is 54.1 Å². The van der Waals surface area contributed by atoms with E-state index in [1.54, 1.807) is 7.11 Å². The quantitative estimate of drug-likeness (QED) is 0.654. The molecule has 0 aliphatic rings. The lowest BCUT2D eigenvalue weighted by Gasteiger charge is -2.05. The van der Waals surface area contributed by atoms with Crippen LogP contribution in [0.25, 0.3) is 10.6 Å². The molecule has 0 unspecified atom stereocenters. The lowest BCUT2D eigenvalue weighted by Crippen LogP contribution is -2.12. The van der Waals surface area contributed by atoms with Gasteiger partial charge in [-0.3, -0.25) is 14.8 Å². The predicted octanol–water partition coefficient (Wildman–Crippen LogP) is 2.84. The molecule has 1 aromatic heterocycles. The molecule has 0 saturated heterocycles. The van der Waals surface area contributed by atoms with E-state index in [2.05, 4.69) is 20.2 Å². The summed E-state index contributed by atoms with van der Waals surface area (Å²) in [5.74, 6) is 0.379. The van der Waals surface area contributed by atoms with E-state index in [9.17, 15) is 13.2 Å². The highest BCUT2D eigenvalue weighted by Crippen LogP contribution is 2.28. The molecule has 0 atom stereocenters. The summed E-state index contributed by atoms with van der Waals surface area (Å²) in [7, 11) is -1.77. The van der Waals surface area contributed by atoms with Gasteiger partial charge >= 0.3 is 0 Å². The van der Waals surface area contributed by atoms with Gasteiger partial charge in [0.25, 0.3) is 5.91 Å². The molecule has 27 heavy (non-hydrogen) atoms. The Labute approximate surface area is 160 Å². The number of anilines is 2. The van der Waals surface area contributed by atoms with Crippen LogP contribution in [0, 0.1) is 0 Å². The molecule has 10 heteroatoms. The fourth-order valence-electron chi connectivity index (χ4n) is 2.20. The molecule has 0 fully saturated rings. The maximum atomic E-state index is 12.3. The number of hydrogen-bond acceptors (Lipinski definition) is 7. The lowest BCUT2D eigenvalue weighted by atomic mass is 10.2. The number of aromatic nitrogens is 2. The summed E-state index contributed by atoms with van der Waals surface area (Å²) in [5, 5.41) is 11.8. The number of methoxy groups -OCH3 is 1. The molecule has 0 bridgehead atoms. The Morgan fingerprint density at radius 2 is 1.70 bits per heavy atom. The van der Waals surface area contributed by atoms with Gasteiger partial charge < -0.3 is 4.74 Å². The fourth-order valence-corrected chi connectivity index (χ4v) is 3.51. The van der Waals surface area contributed by atoms with Crippen molar-refractivity contribution in [3.8, 4) is 16.3 Å². The van der Waals surface area contributed by atoms with Crippen LogP contribution in [0.1, 0.15) is 10.4 Å². The zero-order valence-electron chi connectivity index (χ0n) is 14.5. The van der Waals surface area contributed by atoms with Crippen LogP contribution in [0.2, 0.25) is 0 Å². The van der Waals surface area contributed by atoms with Gasteiger partial charge in [-0.15, -0.1) is 10.2 Å². The average Bonchev–Trinajstić information content (AvgIpc) is 3.09. The number of nitrogens with zero attached hydrogens (tertiary/aromatic N) is 2. The molecule has 1 heterocycles. The van der Waals surface area contributed by atoms with E-state index in [4.69, 9.17) is 4.74 Å². The Kier molecular flexibility index (Phi) is 5.38. The number of sulfonamides is 1. The first kappa shape index (κ1) is 18.8. The maximum absolute atomic E-state index is 12.3. The third-order valence-corrected chi connectivity index (χ3v) is 4.93. The summed E-state index contributed by atoms with van der Waals surface area (Å²) in [6, 6.07) is 13.4. The van der Waals surface area contributed by atoms with Gasteiger partial charge in [0.2, 0.25) is 15.2 Å². The molecule has 0 aliphatic carbocycles. The molecule has 0 radical (unpaired) electrons. The van der Waals surface area contributed by atoms with Gasteiger partial charge in [0.05, 0.1) is 13.4 Å². The highest BCUT2D eigenvalue weighted by molar-refractivity contribution is 7.92. The van der Waals surface area contributed by atoms with Crippen LogP contribution in [0.5, 0.6) is 5.75 Å². The van der Waals surface area contributed by atoms with Crippen molar-refractivity contribution < 1.29 is 17.9 Å². The number of ether oxygens (including phenoxy) is 1.